The van der Waals surface area contributed by atoms with Crippen LogP contribution in [-0.4, -0.2) is 20.6 Å². The van der Waals surface area contributed by atoms with Gasteiger partial charge in [0, 0.05) is 16.5 Å². The summed E-state index contributed by atoms with van der Waals surface area (Å²) in [6.45, 7) is -0.318. The lowest BCUT2D eigenvalue weighted by molar-refractivity contribution is -0.143. The Kier molecular flexibility index (Phi) is 5.50. The standard InChI is InChI=1S/C20H13F6N3S2/c21-19(22,23)14-3-2-12(15(7-14)20(24,25)26)8-29-9-13-5-11(1-4-16(13)28-29)6-17-18(30)27-10-31-17/h1-7,9H,8,10H2,(H,27,30)/b17-6-. The minimum absolute atomic E-state index is 0.138. The van der Waals surface area contributed by atoms with Gasteiger partial charge in [0.2, 0.25) is 0 Å². The SMILES string of the molecule is FC(F)(F)c1ccc(Cn2cc3cc(/C=C4\SCNC4=S)ccc3n2)c(C(F)(F)F)c1. The first-order valence-electron chi connectivity index (χ1n) is 8.88. The Labute approximate surface area is 182 Å². The summed E-state index contributed by atoms with van der Waals surface area (Å²) in [6.07, 6.45) is -6.32. The molecular weight excluding hydrogens is 460 g/mol. The van der Waals surface area contributed by atoms with Crippen LogP contribution in [0.1, 0.15) is 22.3 Å². The average Bonchev–Trinajstić information content (AvgIpc) is 3.25. The Morgan fingerprint density at radius 2 is 1.84 bits per heavy atom. The summed E-state index contributed by atoms with van der Waals surface area (Å²) < 4.78 is 80.0. The number of nitrogens with zero attached hydrogens (tertiary/aromatic N) is 2. The molecule has 11 heteroatoms. The van der Waals surface area contributed by atoms with Gasteiger partial charge in [0.25, 0.3) is 0 Å². The summed E-state index contributed by atoms with van der Waals surface area (Å²) in [5.74, 6) is 0.694. The second kappa shape index (κ2) is 7.86. The molecule has 0 bridgehead atoms. The molecule has 0 unspecified atom stereocenters. The zero-order valence-corrected chi connectivity index (χ0v) is 17.1. The molecule has 4 rings (SSSR count). The van der Waals surface area contributed by atoms with Crippen molar-refractivity contribution in [2.75, 3.05) is 5.88 Å². The third kappa shape index (κ3) is 4.72. The first-order valence-corrected chi connectivity index (χ1v) is 10.3. The lowest BCUT2D eigenvalue weighted by Crippen LogP contribution is -2.15. The first kappa shape index (κ1) is 21.7. The van der Waals surface area contributed by atoms with Crippen molar-refractivity contribution in [2.45, 2.75) is 18.9 Å². The topological polar surface area (TPSA) is 29.9 Å². The molecule has 1 fully saturated rings. The van der Waals surface area contributed by atoms with Gasteiger partial charge >= 0.3 is 12.4 Å². The molecular formula is C20H13F6N3S2. The predicted octanol–water partition coefficient (Wildman–Crippen LogP) is 6.08. The molecule has 0 spiro atoms. The third-order valence-corrected chi connectivity index (χ3v) is 6.05. The van der Waals surface area contributed by atoms with E-state index in [0.717, 1.165) is 16.5 Å². The minimum atomic E-state index is -4.92. The van der Waals surface area contributed by atoms with Gasteiger partial charge in [-0.1, -0.05) is 24.4 Å². The molecule has 3 nitrogen and oxygen atoms in total. The van der Waals surface area contributed by atoms with Crippen molar-refractivity contribution >= 4 is 45.9 Å². The molecule has 1 saturated heterocycles. The van der Waals surface area contributed by atoms with E-state index in [1.807, 2.05) is 18.2 Å². The Morgan fingerprint density at radius 1 is 1.06 bits per heavy atom. The van der Waals surface area contributed by atoms with Gasteiger partial charge in [-0.2, -0.15) is 31.4 Å². The summed E-state index contributed by atoms with van der Waals surface area (Å²) in [7, 11) is 0. The summed E-state index contributed by atoms with van der Waals surface area (Å²) in [5, 5.41) is 7.98. The van der Waals surface area contributed by atoms with Gasteiger partial charge in [0.15, 0.2) is 0 Å². The normalized spacial score (nSPS) is 16.3. The highest BCUT2D eigenvalue weighted by molar-refractivity contribution is 8.06. The van der Waals surface area contributed by atoms with Gasteiger partial charge in [0.05, 0.1) is 29.1 Å². The van der Waals surface area contributed by atoms with Gasteiger partial charge in [-0.25, -0.2) is 0 Å². The summed E-state index contributed by atoms with van der Waals surface area (Å²) in [5.41, 5.74) is -1.56. The fourth-order valence-electron chi connectivity index (χ4n) is 3.19. The van der Waals surface area contributed by atoms with Crippen molar-refractivity contribution in [2.24, 2.45) is 0 Å². The van der Waals surface area contributed by atoms with Crippen LogP contribution in [0, 0.1) is 0 Å². The number of alkyl halides is 6. The fraction of sp³-hybridized carbons (Fsp3) is 0.200. The highest BCUT2D eigenvalue weighted by Gasteiger charge is 2.38. The summed E-state index contributed by atoms with van der Waals surface area (Å²) in [4.78, 5) is 1.57. The van der Waals surface area contributed by atoms with Crippen molar-refractivity contribution in [3.8, 4) is 0 Å². The lowest BCUT2D eigenvalue weighted by atomic mass is 10.0. The molecule has 1 N–H and O–H groups in total. The minimum Gasteiger partial charge on any atom is -0.366 e. The van der Waals surface area contributed by atoms with Crippen LogP contribution in [0.25, 0.3) is 17.0 Å². The van der Waals surface area contributed by atoms with Gasteiger partial charge in [-0.05, 0) is 41.5 Å². The largest absolute Gasteiger partial charge is 0.416 e. The van der Waals surface area contributed by atoms with Crippen molar-refractivity contribution in [3.63, 3.8) is 0 Å². The molecule has 162 valence electrons. The first-order chi connectivity index (χ1) is 14.5. The third-order valence-electron chi connectivity index (χ3n) is 4.63. The number of hydrogen-bond acceptors (Lipinski definition) is 3. The van der Waals surface area contributed by atoms with E-state index in [1.165, 1.54) is 4.68 Å². The van der Waals surface area contributed by atoms with E-state index >= 15 is 0 Å². The van der Waals surface area contributed by atoms with E-state index in [2.05, 4.69) is 10.4 Å². The number of benzene rings is 2. The van der Waals surface area contributed by atoms with Gasteiger partial charge < -0.3 is 5.32 Å². The number of thioether (sulfide) groups is 1. The molecule has 3 aromatic rings. The summed E-state index contributed by atoms with van der Waals surface area (Å²) in [6, 6.07) is 7.00. The van der Waals surface area contributed by atoms with Crippen molar-refractivity contribution < 1.29 is 26.3 Å². The van der Waals surface area contributed by atoms with Crippen LogP contribution in [0.15, 0.2) is 47.5 Å². The number of thiocarbonyl (C=S) groups is 1. The molecule has 0 atom stereocenters. The fourth-order valence-corrected chi connectivity index (χ4v) is 4.38. The maximum absolute atomic E-state index is 13.4. The molecule has 1 aromatic heterocycles. The zero-order valence-electron chi connectivity index (χ0n) is 15.5. The number of halogens is 6. The van der Waals surface area contributed by atoms with E-state index in [0.29, 0.717) is 27.8 Å². The zero-order chi connectivity index (χ0) is 22.4. The second-order valence-electron chi connectivity index (χ2n) is 6.82. The van der Waals surface area contributed by atoms with Gasteiger partial charge in [0.1, 0.15) is 4.99 Å². The Bertz CT molecular complexity index is 1190. The number of fused-ring (bicyclic) bond motifs is 1. The summed E-state index contributed by atoms with van der Waals surface area (Å²) >= 11 is 6.77. The molecule has 0 aliphatic carbocycles. The van der Waals surface area contributed by atoms with E-state index < -0.39 is 23.5 Å². The highest BCUT2D eigenvalue weighted by atomic mass is 32.2. The number of hydrogen-bond donors (Lipinski definition) is 1. The molecule has 0 amide bonds. The predicted molar refractivity (Wildman–Crippen MR) is 111 cm³/mol. The van der Waals surface area contributed by atoms with Crippen LogP contribution in [0.2, 0.25) is 0 Å². The van der Waals surface area contributed by atoms with Crippen molar-refractivity contribution in [1.82, 2.24) is 15.1 Å². The maximum atomic E-state index is 13.4. The molecule has 0 saturated carbocycles. The van der Waals surface area contributed by atoms with Crippen LogP contribution in [0.4, 0.5) is 26.3 Å². The van der Waals surface area contributed by atoms with Crippen LogP contribution in [-0.2, 0) is 18.9 Å². The number of nitrogens with one attached hydrogen (secondary N) is 1. The van der Waals surface area contributed by atoms with Crippen molar-refractivity contribution in [1.29, 1.82) is 0 Å². The molecule has 0 radical (unpaired) electrons. The highest BCUT2D eigenvalue weighted by Crippen LogP contribution is 2.37. The molecule has 31 heavy (non-hydrogen) atoms. The van der Waals surface area contributed by atoms with Gasteiger partial charge in [-0.3, -0.25) is 4.68 Å². The van der Waals surface area contributed by atoms with E-state index in [9.17, 15) is 26.3 Å². The van der Waals surface area contributed by atoms with Crippen LogP contribution in [0.3, 0.4) is 0 Å². The van der Waals surface area contributed by atoms with Gasteiger partial charge in [-0.15, -0.1) is 11.8 Å². The van der Waals surface area contributed by atoms with E-state index in [1.54, 1.807) is 24.0 Å². The average molecular weight is 473 g/mol. The van der Waals surface area contributed by atoms with Crippen LogP contribution in [0.5, 0.6) is 0 Å². The Hall–Kier alpha value is -2.53. The molecule has 1 aliphatic heterocycles. The quantitative estimate of drug-likeness (QED) is 0.284. The number of rotatable bonds is 3. The molecule has 2 heterocycles. The van der Waals surface area contributed by atoms with Crippen molar-refractivity contribution in [3.05, 3.63) is 69.8 Å². The van der Waals surface area contributed by atoms with E-state index in [-0.39, 0.29) is 18.2 Å². The smallest absolute Gasteiger partial charge is 0.366 e. The monoisotopic (exact) mass is 473 g/mol. The maximum Gasteiger partial charge on any atom is 0.416 e. The molecule has 2 aromatic carbocycles. The van der Waals surface area contributed by atoms with Crippen LogP contribution >= 0.6 is 24.0 Å². The van der Waals surface area contributed by atoms with E-state index in [4.69, 9.17) is 12.2 Å². The number of aromatic nitrogens is 2. The van der Waals surface area contributed by atoms with Crippen LogP contribution < -0.4 is 5.32 Å². The second-order valence-corrected chi connectivity index (χ2v) is 8.24. The Balaban J connectivity index is 1.66. The Morgan fingerprint density at radius 3 is 2.48 bits per heavy atom. The lowest BCUT2D eigenvalue weighted by Gasteiger charge is -2.16. The molecule has 1 aliphatic rings.